The Balaban J connectivity index is 1.87. The van der Waals surface area contributed by atoms with E-state index in [4.69, 9.17) is 14.2 Å². The van der Waals surface area contributed by atoms with E-state index in [0.29, 0.717) is 0 Å². The second kappa shape index (κ2) is 6.81. The fourth-order valence-corrected chi connectivity index (χ4v) is 1.98. The summed E-state index contributed by atoms with van der Waals surface area (Å²) in [4.78, 5) is 10.9. The maximum atomic E-state index is 10.9. The number of hydrogen-bond acceptors (Lipinski definition) is 6. The Hall–Kier alpha value is -1.47. The maximum absolute atomic E-state index is 10.9. The molecule has 0 radical (unpaired) electrons. The van der Waals surface area contributed by atoms with Crippen LogP contribution >= 0.6 is 0 Å². The lowest BCUT2D eigenvalue weighted by Crippen LogP contribution is -2.54. The van der Waals surface area contributed by atoms with Crippen molar-refractivity contribution in [1.29, 1.82) is 0 Å². The molecule has 2 rings (SSSR count). The SMILES string of the molecule is CC(=O)O[C@@H]1CO[C@@H](OCc2ccccc2)[C@@H](O)[C@@H]1O. The first-order valence-corrected chi connectivity index (χ1v) is 6.38. The van der Waals surface area contributed by atoms with E-state index < -0.39 is 30.6 Å². The Morgan fingerprint density at radius 3 is 2.65 bits per heavy atom. The molecule has 110 valence electrons. The van der Waals surface area contributed by atoms with Crippen LogP contribution < -0.4 is 0 Å². The van der Waals surface area contributed by atoms with Gasteiger partial charge in [-0.15, -0.1) is 0 Å². The Morgan fingerprint density at radius 2 is 2.00 bits per heavy atom. The maximum Gasteiger partial charge on any atom is 0.303 e. The molecule has 20 heavy (non-hydrogen) atoms. The van der Waals surface area contributed by atoms with Crippen LogP contribution in [0.15, 0.2) is 30.3 Å². The molecular weight excluding hydrogens is 264 g/mol. The monoisotopic (exact) mass is 282 g/mol. The number of ether oxygens (including phenoxy) is 3. The van der Waals surface area contributed by atoms with Crippen LogP contribution in [0.2, 0.25) is 0 Å². The molecule has 1 aromatic rings. The van der Waals surface area contributed by atoms with Crippen LogP contribution in [0.1, 0.15) is 12.5 Å². The fourth-order valence-electron chi connectivity index (χ4n) is 1.98. The summed E-state index contributed by atoms with van der Waals surface area (Å²) in [5, 5.41) is 19.8. The van der Waals surface area contributed by atoms with Gasteiger partial charge in [-0.25, -0.2) is 0 Å². The third-order valence-electron chi connectivity index (χ3n) is 3.01. The van der Waals surface area contributed by atoms with Crippen LogP contribution in [0.25, 0.3) is 0 Å². The fraction of sp³-hybridized carbons (Fsp3) is 0.500. The Bertz CT molecular complexity index is 435. The molecule has 0 aromatic heterocycles. The predicted octanol–water partition coefficient (Wildman–Crippen LogP) is 0.213. The van der Waals surface area contributed by atoms with E-state index in [9.17, 15) is 15.0 Å². The van der Waals surface area contributed by atoms with Gasteiger partial charge in [0.05, 0.1) is 13.2 Å². The number of aliphatic hydroxyl groups is 2. The highest BCUT2D eigenvalue weighted by molar-refractivity contribution is 5.66. The van der Waals surface area contributed by atoms with Crippen LogP contribution in [0.3, 0.4) is 0 Å². The molecule has 0 amide bonds. The number of carbonyl (C=O) groups is 1. The third-order valence-corrected chi connectivity index (χ3v) is 3.01. The van der Waals surface area contributed by atoms with E-state index >= 15 is 0 Å². The highest BCUT2D eigenvalue weighted by Crippen LogP contribution is 2.20. The average molecular weight is 282 g/mol. The minimum atomic E-state index is -1.27. The van der Waals surface area contributed by atoms with E-state index in [1.807, 2.05) is 30.3 Å². The number of aliphatic hydroxyl groups excluding tert-OH is 2. The smallest absolute Gasteiger partial charge is 0.303 e. The summed E-state index contributed by atoms with van der Waals surface area (Å²) in [6.07, 6.45) is -4.32. The second-order valence-corrected chi connectivity index (χ2v) is 4.63. The van der Waals surface area contributed by atoms with Crippen LogP contribution in [0.4, 0.5) is 0 Å². The molecule has 1 heterocycles. The van der Waals surface area contributed by atoms with Crippen molar-refractivity contribution in [2.24, 2.45) is 0 Å². The van der Waals surface area contributed by atoms with Crippen LogP contribution in [0, 0.1) is 0 Å². The molecule has 1 aliphatic rings. The van der Waals surface area contributed by atoms with Gasteiger partial charge in [-0.3, -0.25) is 4.79 Å². The summed E-state index contributed by atoms with van der Waals surface area (Å²) in [6.45, 7) is 1.47. The zero-order chi connectivity index (χ0) is 14.5. The summed E-state index contributed by atoms with van der Waals surface area (Å²) in [7, 11) is 0. The quantitative estimate of drug-likeness (QED) is 0.768. The largest absolute Gasteiger partial charge is 0.457 e. The van der Waals surface area contributed by atoms with Crippen molar-refractivity contribution in [2.75, 3.05) is 6.61 Å². The molecule has 0 spiro atoms. The van der Waals surface area contributed by atoms with Gasteiger partial charge in [-0.1, -0.05) is 30.3 Å². The number of hydrogen-bond donors (Lipinski definition) is 2. The van der Waals surface area contributed by atoms with Crippen molar-refractivity contribution in [3.05, 3.63) is 35.9 Å². The first-order valence-electron chi connectivity index (χ1n) is 6.38. The van der Waals surface area contributed by atoms with Crippen molar-refractivity contribution in [2.45, 2.75) is 38.1 Å². The molecule has 1 aliphatic heterocycles. The van der Waals surface area contributed by atoms with E-state index in [2.05, 4.69) is 0 Å². The summed E-state index contributed by atoms with van der Waals surface area (Å²) in [5.41, 5.74) is 0.930. The van der Waals surface area contributed by atoms with E-state index in [1.165, 1.54) is 6.92 Å². The first-order chi connectivity index (χ1) is 9.58. The Morgan fingerprint density at radius 1 is 1.30 bits per heavy atom. The highest BCUT2D eigenvalue weighted by Gasteiger charge is 2.40. The summed E-state index contributed by atoms with van der Waals surface area (Å²) >= 11 is 0. The number of rotatable bonds is 4. The molecular formula is C14H18O6. The second-order valence-electron chi connectivity index (χ2n) is 4.63. The highest BCUT2D eigenvalue weighted by atomic mass is 16.7. The lowest BCUT2D eigenvalue weighted by atomic mass is 10.1. The molecule has 6 heteroatoms. The molecule has 2 N–H and O–H groups in total. The van der Waals surface area contributed by atoms with Crippen molar-refractivity contribution in [1.82, 2.24) is 0 Å². The molecule has 6 nitrogen and oxygen atoms in total. The summed E-state index contributed by atoms with van der Waals surface area (Å²) in [5.74, 6) is -0.534. The van der Waals surface area contributed by atoms with Crippen LogP contribution in [-0.4, -0.2) is 47.4 Å². The lowest BCUT2D eigenvalue weighted by Gasteiger charge is -2.36. The first kappa shape index (κ1) is 14.9. The van der Waals surface area contributed by atoms with Gasteiger partial charge in [-0.05, 0) is 5.56 Å². The van der Waals surface area contributed by atoms with Crippen LogP contribution in [-0.2, 0) is 25.6 Å². The molecule has 0 unspecified atom stereocenters. The van der Waals surface area contributed by atoms with Gasteiger partial charge in [0.25, 0.3) is 0 Å². The molecule has 4 atom stereocenters. The average Bonchev–Trinajstić information content (AvgIpc) is 2.44. The molecule has 1 aromatic carbocycles. The molecule has 1 fully saturated rings. The van der Waals surface area contributed by atoms with E-state index in [1.54, 1.807) is 0 Å². The van der Waals surface area contributed by atoms with Gasteiger partial charge in [-0.2, -0.15) is 0 Å². The van der Waals surface area contributed by atoms with Crippen molar-refractivity contribution < 1.29 is 29.2 Å². The minimum Gasteiger partial charge on any atom is -0.457 e. The number of carbonyl (C=O) groups excluding carboxylic acids is 1. The minimum absolute atomic E-state index is 0.0166. The van der Waals surface area contributed by atoms with Gasteiger partial charge in [0.2, 0.25) is 0 Å². The molecule has 0 aliphatic carbocycles. The van der Waals surface area contributed by atoms with Crippen molar-refractivity contribution >= 4 is 5.97 Å². The molecule has 1 saturated heterocycles. The number of esters is 1. The lowest BCUT2D eigenvalue weighted by molar-refractivity contribution is -0.276. The zero-order valence-electron chi connectivity index (χ0n) is 11.1. The van der Waals surface area contributed by atoms with Gasteiger partial charge >= 0.3 is 5.97 Å². The standard InChI is InChI=1S/C14H18O6/c1-9(15)20-11-8-19-14(13(17)12(11)16)18-7-10-5-3-2-4-6-10/h2-6,11-14,16-17H,7-8H2,1H3/t11-,12-,13+,14-/m1/s1. The van der Waals surface area contributed by atoms with E-state index in [0.717, 1.165) is 5.56 Å². The third kappa shape index (κ3) is 3.77. The van der Waals surface area contributed by atoms with Crippen molar-refractivity contribution in [3.8, 4) is 0 Å². The van der Waals surface area contributed by atoms with Gasteiger partial charge in [0, 0.05) is 6.92 Å². The van der Waals surface area contributed by atoms with Gasteiger partial charge in [0.1, 0.15) is 12.2 Å². The Kier molecular flexibility index (Phi) is 5.08. The van der Waals surface area contributed by atoms with E-state index in [-0.39, 0.29) is 13.2 Å². The van der Waals surface area contributed by atoms with Gasteiger partial charge in [0.15, 0.2) is 12.4 Å². The van der Waals surface area contributed by atoms with Crippen molar-refractivity contribution in [3.63, 3.8) is 0 Å². The molecule has 0 bridgehead atoms. The predicted molar refractivity (Wildman–Crippen MR) is 68.5 cm³/mol. The van der Waals surface area contributed by atoms with Crippen LogP contribution in [0.5, 0.6) is 0 Å². The normalized spacial score (nSPS) is 29.9. The topological polar surface area (TPSA) is 85.2 Å². The summed E-state index contributed by atoms with van der Waals surface area (Å²) < 4.78 is 15.6. The van der Waals surface area contributed by atoms with Gasteiger partial charge < -0.3 is 24.4 Å². The summed E-state index contributed by atoms with van der Waals surface area (Å²) in [6, 6.07) is 9.41. The Labute approximate surface area is 116 Å². The molecule has 0 saturated carbocycles. The zero-order valence-corrected chi connectivity index (χ0v) is 11.1. The number of benzene rings is 1.